The molecule has 2 saturated heterocycles. The van der Waals surface area contributed by atoms with Crippen LogP contribution in [0.15, 0.2) is 41.3 Å². The molecular weight excluding hydrogens is 506 g/mol. The number of aromatic nitrogens is 1. The molecule has 0 spiro atoms. The Morgan fingerprint density at radius 1 is 1.14 bits per heavy atom. The summed E-state index contributed by atoms with van der Waals surface area (Å²) in [6, 6.07) is 10.5. The summed E-state index contributed by atoms with van der Waals surface area (Å²) < 4.78 is 35.1. The number of piperidine rings is 1. The van der Waals surface area contributed by atoms with Crippen LogP contribution in [0.3, 0.4) is 0 Å². The Morgan fingerprint density at radius 3 is 2.49 bits per heavy atom. The minimum atomic E-state index is -3.61. The number of sulfonamides is 1. The molecule has 2 aliphatic heterocycles. The number of benzene rings is 2. The third kappa shape index (κ3) is 5.46. The van der Waals surface area contributed by atoms with E-state index >= 15 is 0 Å². The number of anilines is 1. The number of hydrogen-bond donors (Lipinski definition) is 0. The van der Waals surface area contributed by atoms with E-state index in [2.05, 4.69) is 26.8 Å². The average molecular weight is 542 g/mol. The molecule has 0 bridgehead atoms. The summed E-state index contributed by atoms with van der Waals surface area (Å²) in [7, 11) is -3.61. The molecule has 2 aromatic carbocycles. The van der Waals surface area contributed by atoms with Gasteiger partial charge in [-0.25, -0.2) is 13.4 Å². The normalized spacial score (nSPS) is 23.0. The maximum atomic E-state index is 13.8. The standard InChI is InChI=1S/C28H35N3O4S2/c1-18-13-21(4)26-25(14-18)29-28(36-26)31(17-23-6-5-11-35-23)27(32)22-7-9-24(10-8-22)37(33,34)30-15-19(2)12-20(3)16-30/h7-10,13-14,19-20,23H,5-6,11-12,15-17H2,1-4H3. The maximum Gasteiger partial charge on any atom is 0.260 e. The lowest BCUT2D eigenvalue weighted by Gasteiger charge is -2.34. The van der Waals surface area contributed by atoms with E-state index in [4.69, 9.17) is 9.72 Å². The Balaban J connectivity index is 1.44. The summed E-state index contributed by atoms with van der Waals surface area (Å²) in [5, 5.41) is 0.636. The molecule has 198 valence electrons. The fraction of sp³-hybridized carbons (Fsp3) is 0.500. The second kappa shape index (κ2) is 10.4. The van der Waals surface area contributed by atoms with Gasteiger partial charge in [0.2, 0.25) is 10.0 Å². The van der Waals surface area contributed by atoms with Crippen LogP contribution in [0, 0.1) is 25.7 Å². The zero-order chi connectivity index (χ0) is 26.3. The zero-order valence-corrected chi connectivity index (χ0v) is 23.6. The molecule has 3 aromatic rings. The molecule has 0 N–H and O–H groups in total. The maximum absolute atomic E-state index is 13.8. The van der Waals surface area contributed by atoms with E-state index < -0.39 is 10.0 Å². The van der Waals surface area contributed by atoms with Crippen LogP contribution in [0.1, 0.15) is 54.6 Å². The van der Waals surface area contributed by atoms with Crippen molar-refractivity contribution < 1.29 is 17.9 Å². The molecule has 5 rings (SSSR count). The summed E-state index contributed by atoms with van der Waals surface area (Å²) in [5.41, 5.74) is 3.59. The van der Waals surface area contributed by atoms with Crippen molar-refractivity contribution in [2.24, 2.45) is 11.8 Å². The smallest absolute Gasteiger partial charge is 0.260 e. The Morgan fingerprint density at radius 2 is 1.84 bits per heavy atom. The molecule has 1 aromatic heterocycles. The van der Waals surface area contributed by atoms with Crippen molar-refractivity contribution in [1.29, 1.82) is 0 Å². The Labute approximate surface area is 223 Å². The number of amides is 1. The van der Waals surface area contributed by atoms with Gasteiger partial charge < -0.3 is 4.74 Å². The highest BCUT2D eigenvalue weighted by atomic mass is 32.2. The quantitative estimate of drug-likeness (QED) is 0.417. The molecule has 0 saturated carbocycles. The summed E-state index contributed by atoms with van der Waals surface area (Å²) in [4.78, 5) is 20.5. The molecule has 0 aliphatic carbocycles. The zero-order valence-electron chi connectivity index (χ0n) is 21.9. The van der Waals surface area contributed by atoms with E-state index in [0.29, 0.717) is 48.8 Å². The van der Waals surface area contributed by atoms with Gasteiger partial charge in [-0.05, 0) is 86.4 Å². The van der Waals surface area contributed by atoms with E-state index in [0.717, 1.165) is 40.6 Å². The summed E-state index contributed by atoms with van der Waals surface area (Å²) >= 11 is 1.51. The highest BCUT2D eigenvalue weighted by Crippen LogP contribution is 2.34. The van der Waals surface area contributed by atoms with E-state index in [1.54, 1.807) is 33.5 Å². The third-order valence-electron chi connectivity index (χ3n) is 7.27. The highest BCUT2D eigenvalue weighted by molar-refractivity contribution is 7.89. The second-order valence-electron chi connectivity index (χ2n) is 10.8. The van der Waals surface area contributed by atoms with E-state index in [1.807, 2.05) is 13.0 Å². The van der Waals surface area contributed by atoms with Crippen molar-refractivity contribution in [2.45, 2.75) is 58.0 Å². The number of rotatable bonds is 6. The van der Waals surface area contributed by atoms with E-state index in [9.17, 15) is 13.2 Å². The first-order chi connectivity index (χ1) is 17.6. The van der Waals surface area contributed by atoms with Crippen LogP contribution >= 0.6 is 11.3 Å². The lowest BCUT2D eigenvalue weighted by molar-refractivity contribution is 0.0917. The number of carbonyl (C=O) groups excluding carboxylic acids is 1. The molecule has 3 heterocycles. The number of ether oxygens (including phenoxy) is 1. The van der Waals surface area contributed by atoms with Crippen molar-refractivity contribution in [1.82, 2.24) is 9.29 Å². The van der Waals surface area contributed by atoms with Crippen molar-refractivity contribution >= 4 is 42.6 Å². The summed E-state index contributed by atoms with van der Waals surface area (Å²) in [6.45, 7) is 10.5. The largest absolute Gasteiger partial charge is 0.376 e. The van der Waals surface area contributed by atoms with Gasteiger partial charge in [0.15, 0.2) is 5.13 Å². The van der Waals surface area contributed by atoms with Gasteiger partial charge in [0.25, 0.3) is 5.91 Å². The number of aryl methyl sites for hydroxylation is 2. The first kappa shape index (κ1) is 26.3. The molecule has 1 amide bonds. The second-order valence-corrected chi connectivity index (χ2v) is 13.7. The summed E-state index contributed by atoms with van der Waals surface area (Å²) in [6.07, 6.45) is 2.87. The van der Waals surface area contributed by atoms with Crippen LogP contribution in [0.25, 0.3) is 10.2 Å². The average Bonchev–Trinajstić information content (AvgIpc) is 3.51. The molecule has 2 aliphatic rings. The van der Waals surface area contributed by atoms with Crippen LogP contribution in [-0.4, -0.2) is 56.0 Å². The van der Waals surface area contributed by atoms with Gasteiger partial charge in [-0.1, -0.05) is 31.3 Å². The lowest BCUT2D eigenvalue weighted by atomic mass is 9.94. The van der Waals surface area contributed by atoms with Gasteiger partial charge in [-0.2, -0.15) is 4.31 Å². The van der Waals surface area contributed by atoms with Gasteiger partial charge in [0.05, 0.1) is 27.8 Å². The first-order valence-electron chi connectivity index (χ1n) is 13.0. The predicted octanol–water partition coefficient (Wildman–Crippen LogP) is 5.41. The molecular formula is C28H35N3O4S2. The van der Waals surface area contributed by atoms with Gasteiger partial charge >= 0.3 is 0 Å². The molecule has 3 unspecified atom stereocenters. The monoisotopic (exact) mass is 541 g/mol. The molecule has 37 heavy (non-hydrogen) atoms. The molecule has 9 heteroatoms. The lowest BCUT2D eigenvalue weighted by Crippen LogP contribution is -2.42. The SMILES string of the molecule is Cc1cc(C)c2sc(N(CC3CCCO3)C(=O)c3ccc(S(=O)(=O)N4CC(C)CC(C)C4)cc3)nc2c1. The van der Waals surface area contributed by atoms with Crippen LogP contribution in [0.2, 0.25) is 0 Å². The molecule has 2 fully saturated rings. The van der Waals surface area contributed by atoms with Gasteiger partial charge in [0, 0.05) is 25.3 Å². The highest BCUT2D eigenvalue weighted by Gasteiger charge is 2.32. The van der Waals surface area contributed by atoms with Crippen molar-refractivity contribution in [3.05, 3.63) is 53.1 Å². The number of fused-ring (bicyclic) bond motifs is 1. The minimum Gasteiger partial charge on any atom is -0.376 e. The topological polar surface area (TPSA) is 79.8 Å². The van der Waals surface area contributed by atoms with Crippen LogP contribution in [0.5, 0.6) is 0 Å². The fourth-order valence-electron chi connectivity index (χ4n) is 5.60. The van der Waals surface area contributed by atoms with E-state index in [-0.39, 0.29) is 16.9 Å². The van der Waals surface area contributed by atoms with E-state index in [1.165, 1.54) is 11.3 Å². The van der Waals surface area contributed by atoms with Gasteiger partial charge in [-0.3, -0.25) is 9.69 Å². The minimum absolute atomic E-state index is 0.0403. The third-order valence-corrected chi connectivity index (χ3v) is 10.3. The van der Waals surface area contributed by atoms with Crippen molar-refractivity contribution in [3.63, 3.8) is 0 Å². The number of carbonyl (C=O) groups is 1. The first-order valence-corrected chi connectivity index (χ1v) is 15.3. The van der Waals surface area contributed by atoms with Gasteiger partial charge in [-0.15, -0.1) is 0 Å². The Hall–Kier alpha value is -2.33. The Kier molecular flexibility index (Phi) is 7.42. The van der Waals surface area contributed by atoms with Crippen LogP contribution in [-0.2, 0) is 14.8 Å². The number of nitrogens with zero attached hydrogens (tertiary/aromatic N) is 3. The van der Waals surface area contributed by atoms with Gasteiger partial charge in [0.1, 0.15) is 0 Å². The van der Waals surface area contributed by atoms with Crippen molar-refractivity contribution in [2.75, 3.05) is 31.1 Å². The number of thiazole rings is 1. The van der Waals surface area contributed by atoms with Crippen molar-refractivity contribution in [3.8, 4) is 0 Å². The predicted molar refractivity (Wildman–Crippen MR) is 148 cm³/mol. The Bertz CT molecular complexity index is 1380. The van der Waals surface area contributed by atoms with Crippen LogP contribution in [0.4, 0.5) is 5.13 Å². The molecule has 0 radical (unpaired) electrons. The molecule has 3 atom stereocenters. The summed E-state index contributed by atoms with van der Waals surface area (Å²) in [5.74, 6) is 0.451. The number of hydrogen-bond acceptors (Lipinski definition) is 6. The van der Waals surface area contributed by atoms with Crippen LogP contribution < -0.4 is 4.90 Å². The molecule has 7 nitrogen and oxygen atoms in total. The fourth-order valence-corrected chi connectivity index (χ4v) is 8.30.